The number of rotatable bonds is 6. The number of halogens is 5. The largest absolute Gasteiger partial charge is 0.612 e. The second-order valence-electron chi connectivity index (χ2n) is 7.58. The molecule has 0 spiro atoms. The average Bonchev–Trinajstić information content (AvgIpc) is 2.84. The molecule has 0 saturated carbocycles. The number of ether oxygens (including phenoxy) is 1. The lowest BCUT2D eigenvalue weighted by molar-refractivity contribution is -0.154. The van der Waals surface area contributed by atoms with Crippen LogP contribution in [0.5, 0.6) is 6.01 Å². The number of thiol groups is 1. The molecule has 14 heteroatoms. The van der Waals surface area contributed by atoms with Crippen molar-refractivity contribution in [1.29, 1.82) is 0 Å². The van der Waals surface area contributed by atoms with E-state index in [-0.39, 0.29) is 22.7 Å². The van der Waals surface area contributed by atoms with Gasteiger partial charge in [-0.2, -0.15) is 28.1 Å². The van der Waals surface area contributed by atoms with Crippen molar-refractivity contribution in [3.05, 3.63) is 60.2 Å². The van der Waals surface area contributed by atoms with Gasteiger partial charge in [0.2, 0.25) is 5.95 Å². The van der Waals surface area contributed by atoms with Gasteiger partial charge in [0, 0.05) is 11.6 Å². The van der Waals surface area contributed by atoms with Gasteiger partial charge in [-0.15, -0.1) is 4.21 Å². The number of aromatic nitrogens is 3. The molecule has 4 rings (SSSR count). The fourth-order valence-corrected chi connectivity index (χ4v) is 3.46. The van der Waals surface area contributed by atoms with Gasteiger partial charge in [0.05, 0.1) is 11.1 Å². The van der Waals surface area contributed by atoms with Crippen LogP contribution in [0.2, 0.25) is 0 Å². The van der Waals surface area contributed by atoms with Crippen molar-refractivity contribution in [3.8, 4) is 17.4 Å². The van der Waals surface area contributed by atoms with Crippen molar-refractivity contribution in [2.24, 2.45) is 0 Å². The minimum Gasteiger partial charge on any atom is -0.612 e. The molecular weight excluding hydrogens is 509 g/mol. The van der Waals surface area contributed by atoms with Crippen LogP contribution in [0.25, 0.3) is 11.4 Å². The predicted octanol–water partition coefficient (Wildman–Crippen LogP) is 3.79. The second-order valence-corrected chi connectivity index (χ2v) is 8.61. The van der Waals surface area contributed by atoms with Gasteiger partial charge in [-0.3, -0.25) is 0 Å². The lowest BCUT2D eigenvalue weighted by atomic mass is 10.1. The van der Waals surface area contributed by atoms with Crippen LogP contribution in [-0.2, 0) is 15.3 Å². The van der Waals surface area contributed by atoms with Crippen LogP contribution in [0.4, 0.5) is 27.9 Å². The van der Waals surface area contributed by atoms with E-state index in [9.17, 15) is 30.7 Å². The van der Waals surface area contributed by atoms with Gasteiger partial charge >= 0.3 is 12.2 Å². The molecule has 194 valence electrons. The molecule has 2 N–H and O–H groups in total. The molecule has 8 nitrogen and oxygen atoms in total. The standard InChI is InChI=1S/C16H17F4N5O.C6H5FO2S/c17-11-3-1-10(2-4-11)13-23-14(22-12-5-7-21-8-6-12)25-15(24-13)26-9-16(18,19)20;7-5-1-3-6(4-2-5)10(8)9/h1-4,12,21H,5-9H2,(H,22,23,24,25);1-4,10H. The maximum atomic E-state index is 13.1. The third-order valence-corrected chi connectivity index (χ3v) is 5.51. The molecule has 36 heavy (non-hydrogen) atoms. The Bertz CT molecular complexity index is 1140. The first-order chi connectivity index (χ1) is 17.1. The van der Waals surface area contributed by atoms with E-state index >= 15 is 0 Å². The van der Waals surface area contributed by atoms with Gasteiger partial charge < -0.3 is 19.9 Å². The van der Waals surface area contributed by atoms with E-state index < -0.39 is 41.5 Å². The van der Waals surface area contributed by atoms with Gasteiger partial charge in [-0.05, 0) is 74.5 Å². The summed E-state index contributed by atoms with van der Waals surface area (Å²) in [5.74, 6) is -0.637. The van der Waals surface area contributed by atoms with Crippen LogP contribution >= 0.6 is 0 Å². The van der Waals surface area contributed by atoms with E-state index in [0.29, 0.717) is 5.56 Å². The summed E-state index contributed by atoms with van der Waals surface area (Å²) in [5, 5.41) is 6.32. The highest BCUT2D eigenvalue weighted by Gasteiger charge is 2.29. The fraction of sp³-hybridized carbons (Fsp3) is 0.318. The zero-order valence-corrected chi connectivity index (χ0v) is 19.5. The second kappa shape index (κ2) is 12.6. The summed E-state index contributed by atoms with van der Waals surface area (Å²) in [6.45, 7) is 0.142. The molecule has 1 aliphatic heterocycles. The Hall–Kier alpha value is -3.23. The van der Waals surface area contributed by atoms with Gasteiger partial charge in [0.15, 0.2) is 17.3 Å². The third-order valence-electron chi connectivity index (χ3n) is 4.79. The number of nitrogens with zero attached hydrogens (tertiary/aromatic N) is 3. The van der Waals surface area contributed by atoms with Crippen molar-refractivity contribution in [2.45, 2.75) is 30.0 Å². The van der Waals surface area contributed by atoms with Crippen LogP contribution in [0.1, 0.15) is 12.8 Å². The monoisotopic (exact) mass is 531 g/mol. The molecule has 0 bridgehead atoms. The number of piperidine rings is 1. The SMILES string of the molecule is Fc1ccc(-c2nc(NC3CCNCC3)nc(OCC(F)(F)F)n2)cc1.O=[SH+]([O-])c1ccc(F)cc1. The third kappa shape index (κ3) is 9.09. The van der Waals surface area contributed by atoms with Crippen LogP contribution < -0.4 is 15.4 Å². The van der Waals surface area contributed by atoms with Crippen LogP contribution in [0.3, 0.4) is 0 Å². The number of hydrogen-bond donors (Lipinski definition) is 2. The van der Waals surface area contributed by atoms with Crippen LogP contribution in [-0.4, -0.2) is 51.4 Å². The molecule has 3 aromatic rings. The molecule has 0 radical (unpaired) electrons. The van der Waals surface area contributed by atoms with E-state index in [1.165, 1.54) is 36.4 Å². The normalized spacial score (nSPS) is 14.9. The summed E-state index contributed by atoms with van der Waals surface area (Å²) in [6, 6.07) is 9.63. The Labute approximate surface area is 205 Å². The van der Waals surface area contributed by atoms with Crippen molar-refractivity contribution in [1.82, 2.24) is 20.3 Å². The van der Waals surface area contributed by atoms with E-state index in [4.69, 9.17) is 0 Å². The number of nitrogens with one attached hydrogen (secondary N) is 2. The van der Waals surface area contributed by atoms with Gasteiger partial charge in [0.25, 0.3) is 0 Å². The first kappa shape index (κ1) is 27.4. The molecule has 1 aliphatic rings. The highest BCUT2D eigenvalue weighted by atomic mass is 32.2. The highest BCUT2D eigenvalue weighted by Crippen LogP contribution is 2.22. The summed E-state index contributed by atoms with van der Waals surface area (Å²) >= 11 is -2.57. The number of alkyl halides is 3. The summed E-state index contributed by atoms with van der Waals surface area (Å²) in [4.78, 5) is 12.2. The van der Waals surface area contributed by atoms with Gasteiger partial charge in [-0.25, -0.2) is 8.78 Å². The van der Waals surface area contributed by atoms with E-state index in [1.54, 1.807) is 0 Å². The number of benzene rings is 2. The van der Waals surface area contributed by atoms with E-state index in [0.717, 1.165) is 38.1 Å². The summed E-state index contributed by atoms with van der Waals surface area (Å²) in [7, 11) is 0. The molecule has 0 aliphatic carbocycles. The van der Waals surface area contributed by atoms with Crippen LogP contribution in [0, 0.1) is 11.6 Å². The maximum Gasteiger partial charge on any atom is 0.422 e. The molecule has 1 aromatic heterocycles. The minimum atomic E-state index is -4.51. The quantitative estimate of drug-likeness (QED) is 0.281. The first-order valence-corrected chi connectivity index (χ1v) is 11.9. The molecule has 0 amide bonds. The van der Waals surface area contributed by atoms with Gasteiger partial charge in [0.1, 0.15) is 11.6 Å². The van der Waals surface area contributed by atoms with Gasteiger partial charge in [-0.1, -0.05) is 0 Å². The molecule has 1 fully saturated rings. The topological polar surface area (TPSA) is 112 Å². The Morgan fingerprint density at radius 2 is 1.56 bits per heavy atom. The van der Waals surface area contributed by atoms with Crippen molar-refractivity contribution < 1.29 is 35.5 Å². The minimum absolute atomic E-state index is 0.0928. The lowest BCUT2D eigenvalue weighted by Crippen LogP contribution is -2.35. The zero-order chi connectivity index (χ0) is 26.1. The Balaban J connectivity index is 0.000000303. The molecule has 1 saturated heterocycles. The molecule has 2 heterocycles. The summed E-state index contributed by atoms with van der Waals surface area (Å²) in [5.41, 5.74) is 0.444. The smallest absolute Gasteiger partial charge is 0.422 e. The Morgan fingerprint density at radius 1 is 0.972 bits per heavy atom. The van der Waals surface area contributed by atoms with Crippen molar-refractivity contribution in [3.63, 3.8) is 0 Å². The number of hydrogen-bond acceptors (Lipinski definition) is 8. The van der Waals surface area contributed by atoms with Crippen molar-refractivity contribution >= 4 is 17.0 Å². The zero-order valence-electron chi connectivity index (χ0n) is 18.6. The summed E-state index contributed by atoms with van der Waals surface area (Å²) < 4.78 is 87.6. The average molecular weight is 532 g/mol. The fourth-order valence-electron chi connectivity index (χ4n) is 3.07. The maximum absolute atomic E-state index is 13.1. The molecule has 1 unspecified atom stereocenters. The highest BCUT2D eigenvalue weighted by molar-refractivity contribution is 7.79. The Morgan fingerprint density at radius 3 is 2.11 bits per heavy atom. The molecule has 2 aromatic carbocycles. The van der Waals surface area contributed by atoms with E-state index in [1.807, 2.05) is 0 Å². The molecular formula is C22H22F5N5O3S. The molecule has 1 atom stereocenters. The lowest BCUT2D eigenvalue weighted by Gasteiger charge is -2.23. The van der Waals surface area contributed by atoms with Crippen LogP contribution in [0.15, 0.2) is 53.4 Å². The Kier molecular flexibility index (Phi) is 9.61. The van der Waals surface area contributed by atoms with Crippen molar-refractivity contribution in [2.75, 3.05) is 25.0 Å². The predicted molar refractivity (Wildman–Crippen MR) is 121 cm³/mol. The van der Waals surface area contributed by atoms with E-state index in [2.05, 4.69) is 30.3 Å². The first-order valence-electron chi connectivity index (χ1n) is 10.7. The number of anilines is 1. The summed E-state index contributed by atoms with van der Waals surface area (Å²) in [6.07, 6.45) is -2.85.